The summed E-state index contributed by atoms with van der Waals surface area (Å²) < 4.78 is 5.04. The predicted molar refractivity (Wildman–Crippen MR) is 76.9 cm³/mol. The van der Waals surface area contributed by atoms with Crippen LogP contribution in [0.15, 0.2) is 30.3 Å². The van der Waals surface area contributed by atoms with Crippen LogP contribution < -0.4 is 10.5 Å². The van der Waals surface area contributed by atoms with E-state index >= 15 is 0 Å². The van der Waals surface area contributed by atoms with E-state index in [1.165, 1.54) is 19.2 Å². The standard InChI is InChI=1S/C13H11N5O3/c1-21-11-5-4-10-13(16-11)17-12(15-10)8-3-2-7(18(19)20)6-9(8)14/h2-6H,14H2,1H3,(H,15,16,17). The number of nitro benzene ring substituents is 1. The van der Waals surface area contributed by atoms with Gasteiger partial charge < -0.3 is 15.5 Å². The Morgan fingerprint density at radius 1 is 1.29 bits per heavy atom. The Morgan fingerprint density at radius 2 is 2.10 bits per heavy atom. The minimum atomic E-state index is -0.495. The molecular weight excluding hydrogens is 274 g/mol. The van der Waals surface area contributed by atoms with Crippen LogP contribution in [0.5, 0.6) is 5.88 Å². The topological polar surface area (TPSA) is 120 Å². The second-order valence-electron chi connectivity index (χ2n) is 4.34. The van der Waals surface area contributed by atoms with E-state index in [0.29, 0.717) is 22.9 Å². The molecule has 0 atom stereocenters. The second kappa shape index (κ2) is 4.75. The number of nitro groups is 1. The molecular formula is C13H11N5O3. The Bertz CT molecular complexity index is 843. The van der Waals surface area contributed by atoms with E-state index < -0.39 is 4.92 Å². The molecule has 8 heteroatoms. The first-order chi connectivity index (χ1) is 10.1. The number of anilines is 1. The molecule has 0 spiro atoms. The van der Waals surface area contributed by atoms with Gasteiger partial charge in [-0.3, -0.25) is 10.1 Å². The van der Waals surface area contributed by atoms with Crippen molar-refractivity contribution in [2.75, 3.05) is 12.8 Å². The fraction of sp³-hybridized carbons (Fsp3) is 0.0769. The summed E-state index contributed by atoms with van der Waals surface area (Å²) in [5.74, 6) is 0.954. The number of imidazole rings is 1. The van der Waals surface area contributed by atoms with Crippen LogP contribution in [0.25, 0.3) is 22.6 Å². The molecule has 21 heavy (non-hydrogen) atoms. The summed E-state index contributed by atoms with van der Waals surface area (Å²) in [7, 11) is 1.52. The Hall–Kier alpha value is -3.16. The number of hydrogen-bond acceptors (Lipinski definition) is 6. The molecule has 0 amide bonds. The van der Waals surface area contributed by atoms with Crippen molar-refractivity contribution in [1.82, 2.24) is 15.0 Å². The summed E-state index contributed by atoms with van der Waals surface area (Å²) in [6.07, 6.45) is 0. The Kier molecular flexibility index (Phi) is 2.90. The minimum absolute atomic E-state index is 0.0628. The zero-order valence-electron chi connectivity index (χ0n) is 11.0. The SMILES string of the molecule is COc1ccc2[nH]c(-c3ccc([N+](=O)[O-])cc3N)nc2n1. The van der Waals surface area contributed by atoms with Gasteiger partial charge in [0.15, 0.2) is 5.65 Å². The number of benzene rings is 1. The Labute approximate surface area is 118 Å². The van der Waals surface area contributed by atoms with Crippen LogP contribution in [0.2, 0.25) is 0 Å². The average Bonchev–Trinajstić information content (AvgIpc) is 2.89. The van der Waals surface area contributed by atoms with E-state index in [-0.39, 0.29) is 11.4 Å². The lowest BCUT2D eigenvalue weighted by Gasteiger charge is -2.01. The van der Waals surface area contributed by atoms with Gasteiger partial charge in [-0.05, 0) is 12.1 Å². The van der Waals surface area contributed by atoms with Crippen LogP contribution in [0.3, 0.4) is 0 Å². The van der Waals surface area contributed by atoms with Crippen molar-refractivity contribution in [3.8, 4) is 17.3 Å². The van der Waals surface area contributed by atoms with Crippen LogP contribution in [0, 0.1) is 10.1 Å². The molecule has 106 valence electrons. The van der Waals surface area contributed by atoms with Crippen molar-refractivity contribution >= 4 is 22.5 Å². The molecule has 0 radical (unpaired) electrons. The lowest BCUT2D eigenvalue weighted by molar-refractivity contribution is -0.384. The molecule has 0 aliphatic carbocycles. The number of nitrogen functional groups attached to an aromatic ring is 1. The summed E-state index contributed by atoms with van der Waals surface area (Å²) in [6.45, 7) is 0. The van der Waals surface area contributed by atoms with E-state index in [2.05, 4.69) is 15.0 Å². The highest BCUT2D eigenvalue weighted by molar-refractivity contribution is 5.81. The van der Waals surface area contributed by atoms with Gasteiger partial charge in [0.05, 0.1) is 17.5 Å². The first kappa shape index (κ1) is 12.9. The van der Waals surface area contributed by atoms with E-state index in [1.807, 2.05) is 0 Å². The Morgan fingerprint density at radius 3 is 2.76 bits per heavy atom. The van der Waals surface area contributed by atoms with Crippen molar-refractivity contribution in [3.05, 3.63) is 40.4 Å². The third-order valence-corrected chi connectivity index (χ3v) is 3.03. The average molecular weight is 285 g/mol. The first-order valence-corrected chi connectivity index (χ1v) is 6.03. The largest absolute Gasteiger partial charge is 0.481 e. The molecule has 0 fully saturated rings. The number of nitrogens with zero attached hydrogens (tertiary/aromatic N) is 3. The van der Waals surface area contributed by atoms with Gasteiger partial charge in [-0.2, -0.15) is 4.98 Å². The van der Waals surface area contributed by atoms with Gasteiger partial charge >= 0.3 is 0 Å². The number of methoxy groups -OCH3 is 1. The lowest BCUT2D eigenvalue weighted by atomic mass is 10.1. The molecule has 2 heterocycles. The highest BCUT2D eigenvalue weighted by atomic mass is 16.6. The maximum absolute atomic E-state index is 10.7. The molecule has 3 N–H and O–H groups in total. The van der Waals surface area contributed by atoms with E-state index in [9.17, 15) is 10.1 Å². The normalized spacial score (nSPS) is 10.7. The number of non-ortho nitro benzene ring substituents is 1. The molecule has 2 aromatic heterocycles. The molecule has 8 nitrogen and oxygen atoms in total. The molecule has 0 saturated heterocycles. The van der Waals surface area contributed by atoms with E-state index in [0.717, 1.165) is 5.52 Å². The number of nitrogens with one attached hydrogen (secondary N) is 1. The smallest absolute Gasteiger partial charge is 0.271 e. The molecule has 3 rings (SSSR count). The second-order valence-corrected chi connectivity index (χ2v) is 4.34. The number of pyridine rings is 1. The number of fused-ring (bicyclic) bond motifs is 1. The summed E-state index contributed by atoms with van der Waals surface area (Å²) >= 11 is 0. The number of H-pyrrole nitrogens is 1. The van der Waals surface area contributed by atoms with Crippen LogP contribution >= 0.6 is 0 Å². The number of aromatic nitrogens is 3. The Balaban J connectivity index is 2.09. The van der Waals surface area contributed by atoms with Crippen molar-refractivity contribution in [1.29, 1.82) is 0 Å². The van der Waals surface area contributed by atoms with Crippen molar-refractivity contribution < 1.29 is 9.66 Å². The minimum Gasteiger partial charge on any atom is -0.481 e. The fourth-order valence-electron chi connectivity index (χ4n) is 2.00. The van der Waals surface area contributed by atoms with Crippen molar-refractivity contribution in [2.45, 2.75) is 0 Å². The molecule has 0 aliphatic rings. The van der Waals surface area contributed by atoms with Gasteiger partial charge in [0, 0.05) is 29.4 Å². The van der Waals surface area contributed by atoms with E-state index in [4.69, 9.17) is 10.5 Å². The molecule has 0 saturated carbocycles. The third-order valence-electron chi connectivity index (χ3n) is 3.03. The van der Waals surface area contributed by atoms with Crippen molar-refractivity contribution in [3.63, 3.8) is 0 Å². The zero-order valence-corrected chi connectivity index (χ0v) is 11.0. The number of ether oxygens (including phenoxy) is 1. The highest BCUT2D eigenvalue weighted by Gasteiger charge is 2.13. The van der Waals surface area contributed by atoms with Crippen LogP contribution in [0.1, 0.15) is 0 Å². The maximum Gasteiger partial charge on any atom is 0.271 e. The first-order valence-electron chi connectivity index (χ1n) is 6.03. The molecule has 1 aromatic carbocycles. The number of hydrogen-bond donors (Lipinski definition) is 2. The number of rotatable bonds is 3. The lowest BCUT2D eigenvalue weighted by Crippen LogP contribution is -1.94. The maximum atomic E-state index is 10.7. The predicted octanol–water partition coefficient (Wildman–Crippen LogP) is 2.12. The third kappa shape index (κ3) is 2.22. The van der Waals surface area contributed by atoms with Gasteiger partial charge in [-0.1, -0.05) is 0 Å². The summed E-state index contributed by atoms with van der Waals surface area (Å²) in [5, 5.41) is 10.7. The van der Waals surface area contributed by atoms with Crippen LogP contribution in [0.4, 0.5) is 11.4 Å². The molecule has 3 aromatic rings. The molecule has 0 aliphatic heterocycles. The number of aromatic amines is 1. The summed E-state index contributed by atoms with van der Waals surface area (Å²) in [4.78, 5) is 21.8. The van der Waals surface area contributed by atoms with Gasteiger partial charge in [0.1, 0.15) is 5.82 Å². The highest BCUT2D eigenvalue weighted by Crippen LogP contribution is 2.28. The molecule has 0 unspecified atom stereocenters. The zero-order chi connectivity index (χ0) is 15.0. The van der Waals surface area contributed by atoms with E-state index in [1.54, 1.807) is 18.2 Å². The van der Waals surface area contributed by atoms with Gasteiger partial charge in [0.2, 0.25) is 5.88 Å². The van der Waals surface area contributed by atoms with Gasteiger partial charge in [-0.15, -0.1) is 0 Å². The summed E-state index contributed by atoms with van der Waals surface area (Å²) in [6, 6.07) is 7.74. The molecule has 0 bridgehead atoms. The number of nitrogens with two attached hydrogens (primary N) is 1. The summed E-state index contributed by atoms with van der Waals surface area (Å²) in [5.41, 5.74) is 7.86. The fourth-order valence-corrected chi connectivity index (χ4v) is 2.00. The van der Waals surface area contributed by atoms with Gasteiger partial charge in [-0.25, -0.2) is 4.98 Å². The quantitative estimate of drug-likeness (QED) is 0.432. The van der Waals surface area contributed by atoms with Crippen LogP contribution in [-0.2, 0) is 0 Å². The van der Waals surface area contributed by atoms with Gasteiger partial charge in [0.25, 0.3) is 5.69 Å². The monoisotopic (exact) mass is 285 g/mol. The van der Waals surface area contributed by atoms with Crippen LogP contribution in [-0.4, -0.2) is 27.0 Å². The van der Waals surface area contributed by atoms with Crippen molar-refractivity contribution in [2.24, 2.45) is 0 Å².